The van der Waals surface area contributed by atoms with Crippen molar-refractivity contribution in [3.05, 3.63) is 35.9 Å². The van der Waals surface area contributed by atoms with Gasteiger partial charge in [-0.1, -0.05) is 17.8 Å². The highest BCUT2D eigenvalue weighted by Crippen LogP contribution is 2.34. The molecule has 6 heterocycles. The number of aryl methyl sites for hydroxylation is 1. The molecule has 32 heavy (non-hydrogen) atoms. The van der Waals surface area contributed by atoms with Gasteiger partial charge in [0.2, 0.25) is 0 Å². The molecule has 2 atom stereocenters. The van der Waals surface area contributed by atoms with Gasteiger partial charge >= 0.3 is 0 Å². The smallest absolute Gasteiger partial charge is 0.187 e. The minimum Gasteiger partial charge on any atom is -0.348 e. The van der Waals surface area contributed by atoms with Crippen molar-refractivity contribution in [2.45, 2.75) is 57.2 Å². The number of fused-ring (bicyclic) bond motifs is 4. The maximum atomic E-state index is 9.57. The Balaban J connectivity index is 1.33. The molecule has 2 fully saturated rings. The monoisotopic (exact) mass is 444 g/mol. The molecule has 0 spiro atoms. The number of nitrogens with zero attached hydrogens (tertiary/aromatic N) is 7. The number of nitrogens with one attached hydrogen (secondary N) is 1. The van der Waals surface area contributed by atoms with Crippen LogP contribution in [0.5, 0.6) is 0 Å². The zero-order valence-corrected chi connectivity index (χ0v) is 18.9. The second-order valence-corrected chi connectivity index (χ2v) is 9.93. The van der Waals surface area contributed by atoms with Crippen molar-refractivity contribution in [2.24, 2.45) is 0 Å². The molecule has 1 N–H and O–H groups in total. The van der Waals surface area contributed by atoms with E-state index in [1.54, 1.807) is 17.5 Å². The summed E-state index contributed by atoms with van der Waals surface area (Å²) in [5, 5.41) is 14.3. The van der Waals surface area contributed by atoms with E-state index in [0.29, 0.717) is 35.2 Å². The van der Waals surface area contributed by atoms with Crippen molar-refractivity contribution in [2.75, 3.05) is 11.9 Å². The van der Waals surface area contributed by atoms with Crippen molar-refractivity contribution in [3.8, 4) is 17.5 Å². The molecule has 162 valence electrons. The standard InChI is InChI=1S/C23H24N8S/c1-13-11-31-12-15(6-14(9-24)21(31)26-13)20-25-10-19-22(29-20)32-23(28-19)30(2)18-7-16-4-3-5-17(8-18)27-16/h6,10-12,16-18,27H,3-5,7-8H2,1-2H3. The van der Waals surface area contributed by atoms with Crippen LogP contribution in [0, 0.1) is 18.3 Å². The summed E-state index contributed by atoms with van der Waals surface area (Å²) in [5.41, 5.74) is 3.65. The van der Waals surface area contributed by atoms with Gasteiger partial charge in [0.15, 0.2) is 16.6 Å². The van der Waals surface area contributed by atoms with Gasteiger partial charge in [-0.2, -0.15) is 5.26 Å². The zero-order chi connectivity index (χ0) is 21.8. The molecule has 0 amide bonds. The average molecular weight is 445 g/mol. The zero-order valence-electron chi connectivity index (χ0n) is 18.1. The molecule has 6 rings (SSSR count). The van der Waals surface area contributed by atoms with Crippen LogP contribution < -0.4 is 10.2 Å². The number of pyridine rings is 1. The summed E-state index contributed by atoms with van der Waals surface area (Å²) >= 11 is 1.61. The highest BCUT2D eigenvalue weighted by Gasteiger charge is 2.33. The first-order valence-electron chi connectivity index (χ1n) is 11.1. The molecule has 0 saturated carbocycles. The van der Waals surface area contributed by atoms with Gasteiger partial charge in [-0.3, -0.25) is 0 Å². The molecule has 9 heteroatoms. The van der Waals surface area contributed by atoms with Gasteiger partial charge in [-0.25, -0.2) is 19.9 Å². The Morgan fingerprint density at radius 2 is 2.00 bits per heavy atom. The third kappa shape index (κ3) is 3.31. The van der Waals surface area contributed by atoms with E-state index in [9.17, 15) is 5.26 Å². The van der Waals surface area contributed by atoms with Crippen LogP contribution in [0.1, 0.15) is 43.4 Å². The van der Waals surface area contributed by atoms with Gasteiger partial charge in [0.1, 0.15) is 16.4 Å². The number of imidazole rings is 1. The number of piperidine rings is 2. The fourth-order valence-electron chi connectivity index (χ4n) is 5.15. The lowest BCUT2D eigenvalue weighted by molar-refractivity contribution is 0.219. The number of aromatic nitrogens is 5. The van der Waals surface area contributed by atoms with E-state index in [0.717, 1.165) is 26.7 Å². The molecular weight excluding hydrogens is 420 g/mol. The molecule has 4 aromatic rings. The molecule has 2 saturated heterocycles. The summed E-state index contributed by atoms with van der Waals surface area (Å²) in [5.74, 6) is 0.594. The number of anilines is 1. The summed E-state index contributed by atoms with van der Waals surface area (Å²) in [6.07, 6.45) is 11.9. The minimum absolute atomic E-state index is 0.504. The summed E-state index contributed by atoms with van der Waals surface area (Å²) in [6, 6.07) is 5.82. The predicted octanol–water partition coefficient (Wildman–Crippen LogP) is 3.69. The van der Waals surface area contributed by atoms with Crippen LogP contribution in [0.2, 0.25) is 0 Å². The van der Waals surface area contributed by atoms with Gasteiger partial charge in [0.25, 0.3) is 0 Å². The van der Waals surface area contributed by atoms with Crippen LogP contribution in [0.3, 0.4) is 0 Å². The van der Waals surface area contributed by atoms with Gasteiger partial charge in [-0.05, 0) is 38.7 Å². The molecule has 2 unspecified atom stereocenters. The largest absolute Gasteiger partial charge is 0.348 e. The number of rotatable bonds is 3. The summed E-state index contributed by atoms with van der Waals surface area (Å²) < 4.78 is 1.87. The second kappa shape index (κ2) is 7.50. The first-order chi connectivity index (χ1) is 15.6. The van der Waals surface area contributed by atoms with Crippen molar-refractivity contribution in [3.63, 3.8) is 0 Å². The Bertz CT molecular complexity index is 1350. The van der Waals surface area contributed by atoms with Crippen molar-refractivity contribution >= 4 is 32.5 Å². The van der Waals surface area contributed by atoms with E-state index in [1.807, 2.05) is 29.8 Å². The quantitative estimate of drug-likeness (QED) is 0.515. The van der Waals surface area contributed by atoms with E-state index in [2.05, 4.69) is 33.3 Å². The third-order valence-electron chi connectivity index (χ3n) is 6.73. The molecule has 0 radical (unpaired) electrons. The van der Waals surface area contributed by atoms with Crippen LogP contribution in [0.15, 0.2) is 24.7 Å². The number of thiazole rings is 1. The first kappa shape index (κ1) is 19.6. The molecule has 0 aliphatic carbocycles. The Morgan fingerprint density at radius 3 is 2.78 bits per heavy atom. The average Bonchev–Trinajstić information content (AvgIpc) is 3.39. The third-order valence-corrected chi connectivity index (χ3v) is 7.78. The van der Waals surface area contributed by atoms with Crippen LogP contribution in [0.4, 0.5) is 5.13 Å². The van der Waals surface area contributed by atoms with E-state index >= 15 is 0 Å². The number of hydrogen-bond donors (Lipinski definition) is 1. The second-order valence-electron chi connectivity index (χ2n) is 8.98. The van der Waals surface area contributed by atoms with E-state index < -0.39 is 0 Å². The summed E-state index contributed by atoms with van der Waals surface area (Å²) in [7, 11) is 2.16. The SMILES string of the molecule is Cc1cn2cc(-c3ncc4nc(N(C)C5CC6CCCC(C5)N6)sc4n3)cc(C#N)c2n1. The highest BCUT2D eigenvalue weighted by molar-refractivity contribution is 7.21. The molecule has 2 aliphatic heterocycles. The van der Waals surface area contributed by atoms with Crippen molar-refractivity contribution in [1.29, 1.82) is 5.26 Å². The lowest BCUT2D eigenvalue weighted by atomic mass is 9.83. The highest BCUT2D eigenvalue weighted by atomic mass is 32.1. The molecule has 0 aromatic carbocycles. The first-order valence-corrected chi connectivity index (χ1v) is 11.9. The van der Waals surface area contributed by atoms with Crippen molar-refractivity contribution in [1.82, 2.24) is 29.7 Å². The van der Waals surface area contributed by atoms with Gasteiger partial charge < -0.3 is 14.6 Å². The summed E-state index contributed by atoms with van der Waals surface area (Å²) in [4.78, 5) is 21.8. The predicted molar refractivity (Wildman–Crippen MR) is 125 cm³/mol. The fourth-order valence-corrected chi connectivity index (χ4v) is 6.09. The van der Waals surface area contributed by atoms with Crippen LogP contribution in [-0.4, -0.2) is 49.5 Å². The fraction of sp³-hybridized carbons (Fsp3) is 0.435. The molecular formula is C23H24N8S. The Hall–Kier alpha value is -3.09. The van der Waals surface area contributed by atoms with Crippen LogP contribution in [-0.2, 0) is 0 Å². The topological polar surface area (TPSA) is 95.0 Å². The molecule has 2 aliphatic rings. The minimum atomic E-state index is 0.504. The normalized spacial score (nSPS) is 22.8. The van der Waals surface area contributed by atoms with Gasteiger partial charge in [-0.15, -0.1) is 0 Å². The van der Waals surface area contributed by atoms with Gasteiger partial charge in [0.05, 0.1) is 17.5 Å². The lowest BCUT2D eigenvalue weighted by Crippen LogP contribution is -2.54. The maximum absolute atomic E-state index is 9.57. The lowest BCUT2D eigenvalue weighted by Gasteiger charge is -2.43. The summed E-state index contributed by atoms with van der Waals surface area (Å²) in [6.45, 7) is 1.92. The Labute approximate surface area is 190 Å². The van der Waals surface area contributed by atoms with E-state index in [-0.39, 0.29) is 0 Å². The van der Waals surface area contributed by atoms with Crippen LogP contribution >= 0.6 is 11.3 Å². The van der Waals surface area contributed by atoms with E-state index in [1.165, 1.54) is 32.1 Å². The molecule has 8 nitrogen and oxygen atoms in total. The van der Waals surface area contributed by atoms with E-state index in [4.69, 9.17) is 9.97 Å². The Kier molecular flexibility index (Phi) is 4.59. The maximum Gasteiger partial charge on any atom is 0.187 e. The number of hydrogen-bond acceptors (Lipinski definition) is 8. The molecule has 4 aromatic heterocycles. The van der Waals surface area contributed by atoms with Gasteiger partial charge in [0, 0.05) is 43.1 Å². The van der Waals surface area contributed by atoms with Crippen LogP contribution in [0.25, 0.3) is 27.4 Å². The molecule has 2 bridgehead atoms. The Morgan fingerprint density at radius 1 is 1.19 bits per heavy atom. The number of nitriles is 1. The van der Waals surface area contributed by atoms with Crippen molar-refractivity contribution < 1.29 is 0 Å².